The lowest BCUT2D eigenvalue weighted by Gasteiger charge is -2.48. The first-order valence-corrected chi connectivity index (χ1v) is 7.33. The molecule has 2 heterocycles. The fraction of sp³-hybridized carbons (Fsp3) is 0.562. The molecule has 1 aromatic rings. The van der Waals surface area contributed by atoms with Gasteiger partial charge in [-0.25, -0.2) is 0 Å². The molecule has 1 fully saturated rings. The highest BCUT2D eigenvalue weighted by molar-refractivity contribution is 6.00. The molecule has 0 atom stereocenters. The maximum absolute atomic E-state index is 11.5. The van der Waals surface area contributed by atoms with Crippen LogP contribution in [0.4, 0.5) is 17.1 Å². The molecule has 0 saturated carbocycles. The van der Waals surface area contributed by atoms with E-state index in [1.165, 1.54) is 0 Å². The minimum Gasteiger partial charge on any atom is -0.397 e. The number of hydrogen-bond acceptors (Lipinski definition) is 4. The topological polar surface area (TPSA) is 67.6 Å². The standard InChI is InChI=1S/C16H23N3O2/c1-15(2)8-19(9-16(3,4)21-15)13-7-12-10(5-11(13)17)6-14(20)18-12/h5,7H,6,8-9,17H2,1-4H3,(H,18,20). The number of nitrogens with zero attached hydrogens (tertiary/aromatic N) is 1. The zero-order valence-corrected chi connectivity index (χ0v) is 13.1. The summed E-state index contributed by atoms with van der Waals surface area (Å²) in [5, 5.41) is 2.89. The number of benzene rings is 1. The second-order valence-electron chi connectivity index (χ2n) is 7.27. The van der Waals surface area contributed by atoms with E-state index in [1.807, 2.05) is 12.1 Å². The van der Waals surface area contributed by atoms with Gasteiger partial charge >= 0.3 is 0 Å². The molecule has 0 bridgehead atoms. The summed E-state index contributed by atoms with van der Waals surface area (Å²) < 4.78 is 6.11. The van der Waals surface area contributed by atoms with Crippen molar-refractivity contribution < 1.29 is 9.53 Å². The van der Waals surface area contributed by atoms with Crippen molar-refractivity contribution in [2.24, 2.45) is 0 Å². The number of nitrogen functional groups attached to an aromatic ring is 1. The quantitative estimate of drug-likeness (QED) is 0.777. The van der Waals surface area contributed by atoms with Gasteiger partial charge in [0.1, 0.15) is 0 Å². The molecule has 0 radical (unpaired) electrons. The zero-order chi connectivity index (χ0) is 15.4. The van der Waals surface area contributed by atoms with Crippen molar-refractivity contribution in [1.29, 1.82) is 0 Å². The lowest BCUT2D eigenvalue weighted by atomic mass is 9.97. The highest BCUT2D eigenvalue weighted by atomic mass is 16.5. The summed E-state index contributed by atoms with van der Waals surface area (Å²) in [6.07, 6.45) is 0.417. The predicted octanol–water partition coefficient (Wildman–Crippen LogP) is 2.16. The molecule has 2 aliphatic rings. The van der Waals surface area contributed by atoms with E-state index in [4.69, 9.17) is 10.5 Å². The Morgan fingerprint density at radius 3 is 2.43 bits per heavy atom. The Kier molecular flexibility index (Phi) is 2.95. The van der Waals surface area contributed by atoms with Crippen LogP contribution < -0.4 is 16.0 Å². The molecule has 3 N–H and O–H groups in total. The lowest BCUT2D eigenvalue weighted by Crippen LogP contribution is -2.57. The number of anilines is 3. The fourth-order valence-corrected chi connectivity index (χ4v) is 3.51. The van der Waals surface area contributed by atoms with E-state index in [2.05, 4.69) is 37.9 Å². The lowest BCUT2D eigenvalue weighted by molar-refractivity contribution is -0.133. The van der Waals surface area contributed by atoms with Gasteiger partial charge in [-0.3, -0.25) is 4.79 Å². The molecule has 0 aliphatic carbocycles. The van der Waals surface area contributed by atoms with Crippen molar-refractivity contribution in [2.45, 2.75) is 45.3 Å². The third-order valence-electron chi connectivity index (χ3n) is 3.91. The predicted molar refractivity (Wildman–Crippen MR) is 84.6 cm³/mol. The maximum Gasteiger partial charge on any atom is 0.228 e. The van der Waals surface area contributed by atoms with E-state index in [1.54, 1.807) is 0 Å². The summed E-state index contributed by atoms with van der Waals surface area (Å²) in [5.74, 6) is 0.0317. The Hall–Kier alpha value is -1.75. The first-order valence-electron chi connectivity index (χ1n) is 7.33. The number of rotatable bonds is 1. The van der Waals surface area contributed by atoms with Gasteiger partial charge in [-0.05, 0) is 45.4 Å². The Bertz CT molecular complexity index is 592. The number of nitrogens with one attached hydrogen (secondary N) is 1. The van der Waals surface area contributed by atoms with Crippen LogP contribution in [0, 0.1) is 0 Å². The van der Waals surface area contributed by atoms with Gasteiger partial charge in [0.2, 0.25) is 5.91 Å². The van der Waals surface area contributed by atoms with Gasteiger partial charge in [-0.15, -0.1) is 0 Å². The van der Waals surface area contributed by atoms with Gasteiger partial charge in [-0.1, -0.05) is 0 Å². The van der Waals surface area contributed by atoms with E-state index < -0.39 is 0 Å². The molecule has 21 heavy (non-hydrogen) atoms. The molecule has 0 aromatic heterocycles. The number of fused-ring (bicyclic) bond motifs is 1. The monoisotopic (exact) mass is 289 g/mol. The maximum atomic E-state index is 11.5. The summed E-state index contributed by atoms with van der Waals surface area (Å²) in [7, 11) is 0. The van der Waals surface area contributed by atoms with Gasteiger partial charge < -0.3 is 20.7 Å². The fourth-order valence-electron chi connectivity index (χ4n) is 3.51. The molecule has 5 heteroatoms. The number of hydrogen-bond donors (Lipinski definition) is 2. The largest absolute Gasteiger partial charge is 0.397 e. The number of amides is 1. The van der Waals surface area contributed by atoms with Crippen LogP contribution in [-0.2, 0) is 16.0 Å². The van der Waals surface area contributed by atoms with Crippen LogP contribution in [0.5, 0.6) is 0 Å². The number of nitrogens with two attached hydrogens (primary N) is 1. The molecule has 0 unspecified atom stereocenters. The molecule has 2 aliphatic heterocycles. The van der Waals surface area contributed by atoms with Gasteiger partial charge in [0.05, 0.1) is 29.0 Å². The zero-order valence-electron chi connectivity index (χ0n) is 13.1. The Morgan fingerprint density at radius 2 is 1.81 bits per heavy atom. The van der Waals surface area contributed by atoms with E-state index in [-0.39, 0.29) is 17.1 Å². The normalized spacial score (nSPS) is 22.9. The van der Waals surface area contributed by atoms with Crippen molar-refractivity contribution in [3.05, 3.63) is 17.7 Å². The summed E-state index contributed by atoms with van der Waals surface area (Å²) in [4.78, 5) is 13.8. The molecule has 114 valence electrons. The van der Waals surface area contributed by atoms with Gasteiger partial charge in [0.15, 0.2) is 0 Å². The van der Waals surface area contributed by atoms with Gasteiger partial charge in [0, 0.05) is 18.8 Å². The average Bonchev–Trinajstić information content (AvgIpc) is 2.62. The van der Waals surface area contributed by atoms with Crippen LogP contribution in [0.15, 0.2) is 12.1 Å². The SMILES string of the molecule is CC1(C)CN(c2cc3c(cc2N)CC(=O)N3)CC(C)(C)O1. The van der Waals surface area contributed by atoms with Gasteiger partial charge in [-0.2, -0.15) is 0 Å². The van der Waals surface area contributed by atoms with E-state index >= 15 is 0 Å². The number of carbonyl (C=O) groups is 1. The summed E-state index contributed by atoms with van der Waals surface area (Å²) in [6, 6.07) is 3.91. The van der Waals surface area contributed by atoms with E-state index in [0.717, 1.165) is 35.7 Å². The van der Waals surface area contributed by atoms with Crippen molar-refractivity contribution in [3.8, 4) is 0 Å². The van der Waals surface area contributed by atoms with Crippen LogP contribution in [-0.4, -0.2) is 30.2 Å². The molecule has 1 aromatic carbocycles. The second kappa shape index (κ2) is 4.37. The third kappa shape index (κ3) is 2.70. The molecule has 3 rings (SSSR count). The van der Waals surface area contributed by atoms with Gasteiger partial charge in [0.25, 0.3) is 0 Å². The van der Waals surface area contributed by atoms with Crippen LogP contribution in [0.1, 0.15) is 33.3 Å². The van der Waals surface area contributed by atoms with Crippen molar-refractivity contribution in [2.75, 3.05) is 29.0 Å². The highest BCUT2D eigenvalue weighted by Gasteiger charge is 2.39. The molecular formula is C16H23N3O2. The van der Waals surface area contributed by atoms with Crippen molar-refractivity contribution in [1.82, 2.24) is 0 Å². The summed E-state index contributed by atoms with van der Waals surface area (Å²) in [6.45, 7) is 9.90. The average molecular weight is 289 g/mol. The third-order valence-corrected chi connectivity index (χ3v) is 3.91. The van der Waals surface area contributed by atoms with E-state index in [9.17, 15) is 4.79 Å². The summed E-state index contributed by atoms with van der Waals surface area (Å²) in [5.41, 5.74) is 9.30. The summed E-state index contributed by atoms with van der Waals surface area (Å²) >= 11 is 0. The first kappa shape index (κ1) is 14.2. The van der Waals surface area contributed by atoms with Crippen molar-refractivity contribution in [3.63, 3.8) is 0 Å². The molecule has 1 amide bonds. The highest BCUT2D eigenvalue weighted by Crippen LogP contribution is 2.38. The minimum atomic E-state index is -0.240. The Morgan fingerprint density at radius 1 is 1.19 bits per heavy atom. The van der Waals surface area contributed by atoms with Crippen LogP contribution in [0.25, 0.3) is 0 Å². The number of morpholine rings is 1. The van der Waals surface area contributed by atoms with Crippen LogP contribution in [0.2, 0.25) is 0 Å². The number of ether oxygens (including phenoxy) is 1. The molecule has 0 spiro atoms. The van der Waals surface area contributed by atoms with Crippen LogP contribution >= 0.6 is 0 Å². The Balaban J connectivity index is 1.97. The van der Waals surface area contributed by atoms with Crippen molar-refractivity contribution >= 4 is 23.0 Å². The first-order chi connectivity index (χ1) is 9.65. The minimum absolute atomic E-state index is 0.0317. The molecule has 1 saturated heterocycles. The van der Waals surface area contributed by atoms with E-state index in [0.29, 0.717) is 6.42 Å². The second-order valence-corrected chi connectivity index (χ2v) is 7.27. The number of carbonyl (C=O) groups excluding carboxylic acids is 1. The van der Waals surface area contributed by atoms with Crippen LogP contribution in [0.3, 0.4) is 0 Å². The molecular weight excluding hydrogens is 266 g/mol. The smallest absolute Gasteiger partial charge is 0.228 e. The molecule has 5 nitrogen and oxygen atoms in total. The Labute approximate surface area is 125 Å².